The number of ether oxygens (including phenoxy) is 1. The van der Waals surface area contributed by atoms with E-state index in [1.54, 1.807) is 54.0 Å². The molecule has 36 heavy (non-hydrogen) atoms. The first-order valence-electron chi connectivity index (χ1n) is 11.3. The van der Waals surface area contributed by atoms with E-state index in [-0.39, 0.29) is 17.9 Å². The number of nitrogens with two attached hydrogens (primary N) is 1. The number of amides is 2. The standard InChI is InChI=1S/C25H23N7O3S/c1-3-5-19(33)31-11-4-6-17(31)23-29-20(21-22(26)27-9-12-32(21)23)15-7-8-16(18(14-15)35-2)24(34)30-25-28-10-13-36-25/h7-10,12-14,17H,4,6,11H2,1-2H3,(H2,26,27)(H,28,30,34). The van der Waals surface area contributed by atoms with Gasteiger partial charge in [-0.15, -0.1) is 11.3 Å². The van der Waals surface area contributed by atoms with E-state index < -0.39 is 0 Å². The Morgan fingerprint density at radius 2 is 2.14 bits per heavy atom. The third-order valence-corrected chi connectivity index (χ3v) is 6.71. The highest BCUT2D eigenvalue weighted by Gasteiger charge is 2.33. The van der Waals surface area contributed by atoms with Crippen molar-refractivity contribution in [3.05, 3.63) is 53.6 Å². The number of nitrogens with one attached hydrogen (secondary N) is 1. The summed E-state index contributed by atoms with van der Waals surface area (Å²) in [5, 5.41) is 5.05. The minimum atomic E-state index is -0.331. The van der Waals surface area contributed by atoms with E-state index >= 15 is 0 Å². The molecule has 0 aliphatic carbocycles. The molecule has 0 bridgehead atoms. The molecular weight excluding hydrogens is 478 g/mol. The van der Waals surface area contributed by atoms with Crippen LogP contribution in [0.5, 0.6) is 5.75 Å². The number of aromatic nitrogens is 4. The van der Waals surface area contributed by atoms with Gasteiger partial charge in [-0.25, -0.2) is 15.0 Å². The van der Waals surface area contributed by atoms with E-state index in [0.717, 1.165) is 12.8 Å². The quantitative estimate of drug-likeness (QED) is 0.401. The molecule has 1 fully saturated rings. The molecule has 1 atom stereocenters. The molecule has 5 rings (SSSR count). The molecule has 1 unspecified atom stereocenters. The van der Waals surface area contributed by atoms with Crippen molar-refractivity contribution >= 4 is 39.6 Å². The first kappa shape index (κ1) is 23.3. The van der Waals surface area contributed by atoms with Gasteiger partial charge in [0, 0.05) is 36.1 Å². The molecule has 4 aromatic rings. The highest BCUT2D eigenvalue weighted by Crippen LogP contribution is 2.37. The topological polar surface area (TPSA) is 128 Å². The summed E-state index contributed by atoms with van der Waals surface area (Å²) in [6.45, 7) is 2.26. The molecule has 1 aliphatic heterocycles. The normalized spacial score (nSPS) is 14.9. The van der Waals surface area contributed by atoms with Gasteiger partial charge in [0.25, 0.3) is 11.8 Å². The zero-order valence-electron chi connectivity index (χ0n) is 19.7. The lowest BCUT2D eigenvalue weighted by Crippen LogP contribution is -2.30. The number of imidazole rings is 1. The summed E-state index contributed by atoms with van der Waals surface area (Å²) in [4.78, 5) is 40.5. The Bertz CT molecular complexity index is 1520. The minimum Gasteiger partial charge on any atom is -0.496 e. The second-order valence-corrected chi connectivity index (χ2v) is 8.98. The van der Waals surface area contributed by atoms with Crippen LogP contribution in [0.15, 0.2) is 42.2 Å². The maximum atomic E-state index is 12.8. The minimum absolute atomic E-state index is 0.224. The number of hydrogen-bond donors (Lipinski definition) is 2. The number of carbonyl (C=O) groups is 2. The Hall–Kier alpha value is -4.43. The number of thiazole rings is 1. The Labute approximate surface area is 211 Å². The third-order valence-electron chi connectivity index (χ3n) is 6.03. The first-order valence-corrected chi connectivity index (χ1v) is 12.1. The van der Waals surface area contributed by atoms with Gasteiger partial charge in [-0.3, -0.25) is 19.3 Å². The number of nitrogen functional groups attached to an aromatic ring is 1. The maximum Gasteiger partial charge on any atom is 0.299 e. The largest absolute Gasteiger partial charge is 0.496 e. The summed E-state index contributed by atoms with van der Waals surface area (Å²) < 4.78 is 7.42. The number of likely N-dealkylation sites (tertiary alicyclic amines) is 1. The number of rotatable bonds is 5. The van der Waals surface area contributed by atoms with Crippen LogP contribution >= 0.6 is 11.3 Å². The molecule has 1 saturated heterocycles. The number of carbonyl (C=O) groups excluding carboxylic acids is 2. The third kappa shape index (κ3) is 4.12. The molecule has 1 aliphatic rings. The van der Waals surface area contributed by atoms with Crippen LogP contribution in [0.2, 0.25) is 0 Å². The van der Waals surface area contributed by atoms with Crippen LogP contribution in [0.1, 0.15) is 42.0 Å². The fraction of sp³-hybridized carbons (Fsp3) is 0.240. The Balaban J connectivity index is 1.58. The smallest absolute Gasteiger partial charge is 0.299 e. The lowest BCUT2D eigenvalue weighted by Gasteiger charge is -2.21. The fourth-order valence-electron chi connectivity index (χ4n) is 4.46. The molecule has 2 amide bonds. The van der Waals surface area contributed by atoms with Crippen LogP contribution in [0.25, 0.3) is 16.8 Å². The number of benzene rings is 1. The zero-order chi connectivity index (χ0) is 25.2. The Kier molecular flexibility index (Phi) is 6.26. The van der Waals surface area contributed by atoms with E-state index in [0.29, 0.717) is 51.4 Å². The van der Waals surface area contributed by atoms with E-state index in [1.165, 1.54) is 18.4 Å². The fourth-order valence-corrected chi connectivity index (χ4v) is 4.98. The van der Waals surface area contributed by atoms with E-state index in [2.05, 4.69) is 27.1 Å². The predicted octanol–water partition coefficient (Wildman–Crippen LogP) is 3.38. The van der Waals surface area contributed by atoms with E-state index in [4.69, 9.17) is 15.5 Å². The molecule has 182 valence electrons. The summed E-state index contributed by atoms with van der Waals surface area (Å²) >= 11 is 1.33. The number of nitrogens with zero attached hydrogens (tertiary/aromatic N) is 5. The molecule has 11 heteroatoms. The average Bonchev–Trinajstić information content (AvgIpc) is 3.64. The predicted molar refractivity (Wildman–Crippen MR) is 137 cm³/mol. The zero-order valence-corrected chi connectivity index (χ0v) is 20.5. The highest BCUT2D eigenvalue weighted by atomic mass is 32.1. The molecule has 0 saturated carbocycles. The summed E-state index contributed by atoms with van der Waals surface area (Å²) in [5.41, 5.74) is 8.56. The van der Waals surface area contributed by atoms with Gasteiger partial charge >= 0.3 is 0 Å². The molecule has 0 spiro atoms. The lowest BCUT2D eigenvalue weighted by molar-refractivity contribution is -0.126. The van der Waals surface area contributed by atoms with Crippen molar-refractivity contribution in [2.24, 2.45) is 0 Å². The average molecular weight is 502 g/mol. The Morgan fingerprint density at radius 3 is 2.89 bits per heavy atom. The van der Waals surface area contributed by atoms with Crippen LogP contribution in [0.4, 0.5) is 10.9 Å². The summed E-state index contributed by atoms with van der Waals surface area (Å²) in [7, 11) is 1.50. The number of anilines is 2. The van der Waals surface area contributed by atoms with Crippen LogP contribution in [-0.4, -0.2) is 49.7 Å². The van der Waals surface area contributed by atoms with Crippen LogP contribution in [-0.2, 0) is 4.79 Å². The SMILES string of the molecule is CC#CC(=O)N1CCCC1c1nc(-c2ccc(C(=O)Nc3nccs3)c(OC)c2)c2c(N)nccn12. The summed E-state index contributed by atoms with van der Waals surface area (Å²) in [5.74, 6) is 6.13. The van der Waals surface area contributed by atoms with Crippen LogP contribution < -0.4 is 15.8 Å². The van der Waals surface area contributed by atoms with E-state index in [9.17, 15) is 9.59 Å². The lowest BCUT2D eigenvalue weighted by atomic mass is 10.1. The van der Waals surface area contributed by atoms with Crippen LogP contribution in [0, 0.1) is 11.8 Å². The molecule has 1 aromatic carbocycles. The van der Waals surface area contributed by atoms with Gasteiger partial charge in [-0.05, 0) is 37.8 Å². The number of methoxy groups -OCH3 is 1. The molecule has 3 aromatic heterocycles. The number of hydrogen-bond acceptors (Lipinski definition) is 8. The Morgan fingerprint density at radius 1 is 1.28 bits per heavy atom. The highest BCUT2D eigenvalue weighted by molar-refractivity contribution is 7.13. The van der Waals surface area contributed by atoms with Crippen molar-refractivity contribution in [1.82, 2.24) is 24.3 Å². The monoisotopic (exact) mass is 501 g/mol. The van der Waals surface area contributed by atoms with Gasteiger partial charge in [0.2, 0.25) is 0 Å². The van der Waals surface area contributed by atoms with E-state index in [1.807, 2.05) is 4.40 Å². The van der Waals surface area contributed by atoms with Gasteiger partial charge in [-0.1, -0.05) is 12.0 Å². The van der Waals surface area contributed by atoms with Crippen molar-refractivity contribution in [3.63, 3.8) is 0 Å². The van der Waals surface area contributed by atoms with Gasteiger partial charge in [0.15, 0.2) is 5.13 Å². The van der Waals surface area contributed by atoms with Gasteiger partial charge < -0.3 is 15.4 Å². The van der Waals surface area contributed by atoms with Crippen molar-refractivity contribution in [1.29, 1.82) is 0 Å². The van der Waals surface area contributed by atoms with Gasteiger partial charge in [0.05, 0.1) is 18.7 Å². The molecule has 4 heterocycles. The van der Waals surface area contributed by atoms with Gasteiger partial charge in [0.1, 0.15) is 28.6 Å². The van der Waals surface area contributed by atoms with Crippen molar-refractivity contribution in [2.75, 3.05) is 24.7 Å². The molecular formula is C25H23N7O3S. The summed E-state index contributed by atoms with van der Waals surface area (Å²) in [6.07, 6.45) is 6.63. The number of fused-ring (bicyclic) bond motifs is 1. The first-order chi connectivity index (χ1) is 17.5. The molecule has 0 radical (unpaired) electrons. The van der Waals surface area contributed by atoms with Crippen LogP contribution in [0.3, 0.4) is 0 Å². The second-order valence-electron chi connectivity index (χ2n) is 8.09. The second kappa shape index (κ2) is 9.67. The maximum absolute atomic E-state index is 12.8. The van der Waals surface area contributed by atoms with Gasteiger partial charge in [-0.2, -0.15) is 0 Å². The summed E-state index contributed by atoms with van der Waals surface area (Å²) in [6, 6.07) is 4.97. The molecule has 3 N–H and O–H groups in total. The van der Waals surface area contributed by atoms with Crippen molar-refractivity contribution < 1.29 is 14.3 Å². The van der Waals surface area contributed by atoms with Crippen molar-refractivity contribution in [2.45, 2.75) is 25.8 Å². The van der Waals surface area contributed by atoms with Crippen molar-refractivity contribution in [3.8, 4) is 28.8 Å². The molecule has 10 nitrogen and oxygen atoms in total.